The van der Waals surface area contributed by atoms with Crippen LogP contribution in [0.1, 0.15) is 57.2 Å². The van der Waals surface area contributed by atoms with Gasteiger partial charge in [0, 0.05) is 43.6 Å². The molecule has 0 radical (unpaired) electrons. The first kappa shape index (κ1) is 37.3. The van der Waals surface area contributed by atoms with Crippen LogP contribution in [0.2, 0.25) is 10.0 Å². The molecule has 0 saturated carbocycles. The molecule has 5 rings (SSSR count). The summed E-state index contributed by atoms with van der Waals surface area (Å²) < 4.78 is 40.0. The van der Waals surface area contributed by atoms with E-state index in [0.717, 1.165) is 11.6 Å². The Hall–Kier alpha value is -4.92. The van der Waals surface area contributed by atoms with Gasteiger partial charge in [-0.15, -0.1) is 0 Å². The van der Waals surface area contributed by atoms with Gasteiger partial charge in [-0.05, 0) is 59.5 Å². The van der Waals surface area contributed by atoms with Crippen LogP contribution in [-0.2, 0) is 53.1 Å². The van der Waals surface area contributed by atoms with Crippen molar-refractivity contribution in [1.82, 2.24) is 10.2 Å². The number of fused-ring (bicyclic) bond motifs is 2. The molecule has 16 heteroatoms. The average Bonchev–Trinajstić information content (AvgIpc) is 3.54. The van der Waals surface area contributed by atoms with Crippen molar-refractivity contribution >= 4 is 73.7 Å². The maximum Gasteiger partial charge on any atom is 0.332 e. The van der Waals surface area contributed by atoms with Crippen LogP contribution in [0.25, 0.3) is 11.0 Å². The van der Waals surface area contributed by atoms with Crippen molar-refractivity contribution in [3.63, 3.8) is 0 Å². The van der Waals surface area contributed by atoms with Gasteiger partial charge in [-0.25, -0.2) is 13.2 Å². The lowest BCUT2D eigenvalue weighted by molar-refractivity contribution is -0.186. The molecule has 0 saturated heterocycles. The molecule has 0 aliphatic carbocycles. The molecule has 2 amide bonds. The normalized spacial score (nSPS) is 13.9. The third-order valence-electron chi connectivity index (χ3n) is 8.10. The number of amides is 2. The van der Waals surface area contributed by atoms with E-state index in [4.69, 9.17) is 42.2 Å². The number of carbonyl (C=O) groups is 5. The highest BCUT2D eigenvalue weighted by atomic mass is 35.5. The monoisotopic (exact) mass is 758 g/mol. The summed E-state index contributed by atoms with van der Waals surface area (Å²) in [6.45, 7) is 1.69. The molecule has 1 aliphatic heterocycles. The van der Waals surface area contributed by atoms with Crippen molar-refractivity contribution in [2.24, 2.45) is 0 Å². The number of nitrogens with one attached hydrogen (secondary N) is 1. The zero-order chi connectivity index (χ0) is 37.0. The van der Waals surface area contributed by atoms with E-state index in [1.807, 2.05) is 0 Å². The quantitative estimate of drug-likeness (QED) is 0.147. The van der Waals surface area contributed by atoms with E-state index in [2.05, 4.69) is 5.32 Å². The second-order valence-electron chi connectivity index (χ2n) is 11.9. The van der Waals surface area contributed by atoms with Gasteiger partial charge < -0.3 is 29.2 Å². The van der Waals surface area contributed by atoms with Crippen LogP contribution in [-0.4, -0.2) is 73.3 Å². The van der Waals surface area contributed by atoms with Crippen molar-refractivity contribution in [2.45, 2.75) is 56.4 Å². The SMILES string of the molecule is CC(OC(=O)CCC(=O)O)OC(=O)[C@H](Cc1cccc(S(C)(=O)=O)c1)NC(=O)c1c(Cl)cc2c(c1Cl)CCN(C(=O)c1ccc3ccoc3c1)C2. The Labute approximate surface area is 302 Å². The van der Waals surface area contributed by atoms with E-state index in [1.54, 1.807) is 41.5 Å². The zero-order valence-electron chi connectivity index (χ0n) is 27.3. The Morgan fingerprint density at radius 1 is 1.02 bits per heavy atom. The summed E-state index contributed by atoms with van der Waals surface area (Å²) in [5.41, 5.74) is 2.47. The van der Waals surface area contributed by atoms with Crippen LogP contribution >= 0.6 is 23.2 Å². The fraction of sp³-hybridized carbons (Fsp3) is 0.286. The molecule has 1 unspecified atom stereocenters. The number of aliphatic carboxylic acids is 1. The molecule has 51 heavy (non-hydrogen) atoms. The van der Waals surface area contributed by atoms with Crippen LogP contribution in [0.4, 0.5) is 0 Å². The van der Waals surface area contributed by atoms with Gasteiger partial charge in [-0.2, -0.15) is 0 Å². The number of halogens is 2. The van der Waals surface area contributed by atoms with Crippen molar-refractivity contribution in [3.8, 4) is 0 Å². The van der Waals surface area contributed by atoms with Crippen LogP contribution in [0, 0.1) is 0 Å². The minimum atomic E-state index is -3.61. The molecule has 0 spiro atoms. The molecule has 13 nitrogen and oxygen atoms in total. The Kier molecular flexibility index (Phi) is 11.4. The number of rotatable bonds is 12. The second-order valence-corrected chi connectivity index (χ2v) is 14.7. The lowest BCUT2D eigenvalue weighted by atomic mass is 9.95. The molecule has 2 atom stereocenters. The molecule has 0 bridgehead atoms. The van der Waals surface area contributed by atoms with E-state index in [9.17, 15) is 32.4 Å². The zero-order valence-corrected chi connectivity index (χ0v) is 29.6. The smallest absolute Gasteiger partial charge is 0.332 e. The molecule has 0 fully saturated rings. The summed E-state index contributed by atoms with van der Waals surface area (Å²) in [6, 6.07) is 12.8. The highest BCUT2D eigenvalue weighted by Crippen LogP contribution is 2.35. The summed E-state index contributed by atoms with van der Waals surface area (Å²) in [6.07, 6.45) is 0.215. The third kappa shape index (κ3) is 9.06. The first-order chi connectivity index (χ1) is 24.1. The molecule has 2 heterocycles. The molecule has 3 aromatic carbocycles. The van der Waals surface area contributed by atoms with Gasteiger partial charge in [-0.1, -0.05) is 41.4 Å². The van der Waals surface area contributed by atoms with Gasteiger partial charge in [0.15, 0.2) is 9.84 Å². The molecule has 268 valence electrons. The van der Waals surface area contributed by atoms with Crippen LogP contribution < -0.4 is 5.32 Å². The fourth-order valence-electron chi connectivity index (χ4n) is 5.59. The topological polar surface area (TPSA) is 187 Å². The van der Waals surface area contributed by atoms with Crippen LogP contribution in [0.3, 0.4) is 0 Å². The third-order valence-corrected chi connectivity index (χ3v) is 9.93. The number of nitrogens with zero attached hydrogens (tertiary/aromatic N) is 1. The van der Waals surface area contributed by atoms with E-state index in [-0.39, 0.29) is 39.4 Å². The maximum absolute atomic E-state index is 13.8. The molecule has 4 aromatic rings. The summed E-state index contributed by atoms with van der Waals surface area (Å²) in [7, 11) is -3.61. The Morgan fingerprint density at radius 3 is 2.51 bits per heavy atom. The Balaban J connectivity index is 1.36. The highest BCUT2D eigenvalue weighted by Gasteiger charge is 2.31. The van der Waals surface area contributed by atoms with Gasteiger partial charge in [0.25, 0.3) is 11.8 Å². The summed E-state index contributed by atoms with van der Waals surface area (Å²) in [4.78, 5) is 64.9. The first-order valence-corrected chi connectivity index (χ1v) is 18.2. The number of esters is 2. The first-order valence-electron chi connectivity index (χ1n) is 15.6. The van der Waals surface area contributed by atoms with Crippen LogP contribution in [0.5, 0.6) is 0 Å². The average molecular weight is 760 g/mol. The molecule has 1 aromatic heterocycles. The van der Waals surface area contributed by atoms with Gasteiger partial charge in [0.1, 0.15) is 11.6 Å². The summed E-state index contributed by atoms with van der Waals surface area (Å²) >= 11 is 13.4. The molecule has 2 N–H and O–H groups in total. The number of carboxylic acid groups (broad SMARTS) is 1. The number of ether oxygens (including phenoxy) is 2. The van der Waals surface area contributed by atoms with Crippen molar-refractivity contribution < 1.29 is 51.4 Å². The lowest BCUT2D eigenvalue weighted by Gasteiger charge is -2.30. The number of sulfone groups is 1. The van der Waals surface area contributed by atoms with Gasteiger partial charge in [0.05, 0.1) is 39.6 Å². The number of carboxylic acids is 1. The number of furan rings is 1. The minimum absolute atomic E-state index is 0.0195. The Morgan fingerprint density at radius 2 is 1.78 bits per heavy atom. The minimum Gasteiger partial charge on any atom is -0.481 e. The van der Waals surface area contributed by atoms with Crippen LogP contribution in [0.15, 0.2) is 70.2 Å². The van der Waals surface area contributed by atoms with Crippen molar-refractivity contribution in [3.05, 3.63) is 98.7 Å². The standard InChI is InChI=1S/C35H32Cl2N2O11S/c1-19(49-30(42)9-8-29(40)41)50-35(45)27(15-20-4-3-5-24(14-20)51(2,46)47)38-33(43)31-26(36)16-23-18-39(12-10-25(23)32(31)37)34(44)22-7-6-21-11-13-48-28(21)17-22/h3-7,11,13-14,16-17,19,27H,8-10,12,15,18H2,1-2H3,(H,38,43)(H,40,41)/t19?,27-/m0/s1. The van der Waals surface area contributed by atoms with E-state index < -0.39 is 58.8 Å². The Bertz CT molecular complexity index is 2150. The van der Waals surface area contributed by atoms with Crippen molar-refractivity contribution in [1.29, 1.82) is 0 Å². The number of carbonyl (C=O) groups excluding carboxylic acids is 4. The molecule has 1 aliphatic rings. The van der Waals surface area contributed by atoms with Crippen molar-refractivity contribution in [2.75, 3.05) is 12.8 Å². The molecular formula is C35H32Cl2N2O11S. The molecular weight excluding hydrogens is 727 g/mol. The predicted molar refractivity (Wildman–Crippen MR) is 184 cm³/mol. The largest absolute Gasteiger partial charge is 0.481 e. The fourth-order valence-corrected chi connectivity index (χ4v) is 7.04. The van der Waals surface area contributed by atoms with E-state index >= 15 is 0 Å². The number of benzene rings is 3. The van der Waals surface area contributed by atoms with Gasteiger partial charge in [0.2, 0.25) is 6.29 Å². The summed E-state index contributed by atoms with van der Waals surface area (Å²) in [5.74, 6) is -4.25. The second kappa shape index (κ2) is 15.5. The predicted octanol–water partition coefficient (Wildman–Crippen LogP) is 4.98. The van der Waals surface area contributed by atoms with E-state index in [0.29, 0.717) is 40.8 Å². The maximum atomic E-state index is 13.8. The number of hydrogen-bond donors (Lipinski definition) is 2. The van der Waals surface area contributed by atoms with Gasteiger partial charge in [-0.3, -0.25) is 19.2 Å². The van der Waals surface area contributed by atoms with Gasteiger partial charge >= 0.3 is 17.9 Å². The number of hydrogen-bond acceptors (Lipinski definition) is 10. The summed E-state index contributed by atoms with van der Waals surface area (Å²) in [5, 5.41) is 12.2. The lowest BCUT2D eigenvalue weighted by Crippen LogP contribution is -2.45. The van der Waals surface area contributed by atoms with E-state index in [1.165, 1.54) is 31.2 Å². The highest BCUT2D eigenvalue weighted by molar-refractivity contribution is 7.90.